The Hall–Kier alpha value is -3.09. The van der Waals surface area contributed by atoms with E-state index in [0.29, 0.717) is 27.4 Å². The van der Waals surface area contributed by atoms with Gasteiger partial charge in [0, 0.05) is 11.1 Å². The standard InChI is InChI=1S/C23H15ClN2O3S/c1-30-15-9-6-13(7-10-15)20-19-21(27)16-4-2-3-5-17(16)29-22(19)23(28)26(20)18-11-8-14(24)12-25-18/h2-12,20H,1H3/t20-/m0/s1. The monoisotopic (exact) mass is 434 g/mol. The van der Waals surface area contributed by atoms with E-state index < -0.39 is 11.9 Å². The Labute approximate surface area is 181 Å². The van der Waals surface area contributed by atoms with Crippen molar-refractivity contribution in [1.82, 2.24) is 4.98 Å². The fourth-order valence-corrected chi connectivity index (χ4v) is 4.29. The molecule has 0 N–H and O–H groups in total. The van der Waals surface area contributed by atoms with E-state index in [1.54, 1.807) is 48.2 Å². The van der Waals surface area contributed by atoms with Crippen molar-refractivity contribution in [2.24, 2.45) is 0 Å². The van der Waals surface area contributed by atoms with Crippen molar-refractivity contribution in [3.05, 3.63) is 99.0 Å². The summed E-state index contributed by atoms with van der Waals surface area (Å²) in [5.41, 5.74) is 1.30. The molecule has 5 rings (SSSR count). The predicted molar refractivity (Wildman–Crippen MR) is 119 cm³/mol. The van der Waals surface area contributed by atoms with Crippen molar-refractivity contribution in [3.63, 3.8) is 0 Å². The van der Waals surface area contributed by atoms with Crippen LogP contribution in [0.3, 0.4) is 0 Å². The Bertz CT molecular complexity index is 1330. The molecule has 5 nitrogen and oxygen atoms in total. The average Bonchev–Trinajstić information content (AvgIpc) is 3.07. The first-order valence-corrected chi connectivity index (χ1v) is 10.8. The number of hydrogen-bond donors (Lipinski definition) is 0. The van der Waals surface area contributed by atoms with Gasteiger partial charge in [-0.15, -0.1) is 11.8 Å². The number of nitrogens with zero attached hydrogens (tertiary/aromatic N) is 2. The van der Waals surface area contributed by atoms with Crippen molar-refractivity contribution < 1.29 is 9.21 Å². The minimum absolute atomic E-state index is 0.0504. The van der Waals surface area contributed by atoms with Crippen LogP contribution in [-0.4, -0.2) is 17.1 Å². The average molecular weight is 435 g/mol. The van der Waals surface area contributed by atoms with E-state index >= 15 is 0 Å². The molecular weight excluding hydrogens is 420 g/mol. The summed E-state index contributed by atoms with van der Waals surface area (Å²) in [6, 6.07) is 17.4. The number of halogens is 1. The van der Waals surface area contributed by atoms with Crippen molar-refractivity contribution in [3.8, 4) is 0 Å². The maximum atomic E-state index is 13.4. The summed E-state index contributed by atoms with van der Waals surface area (Å²) in [5.74, 6) is 0.0502. The zero-order valence-corrected chi connectivity index (χ0v) is 17.4. The lowest BCUT2D eigenvalue weighted by atomic mass is 9.98. The van der Waals surface area contributed by atoms with Crippen LogP contribution in [0, 0.1) is 0 Å². The largest absolute Gasteiger partial charge is 0.450 e. The van der Waals surface area contributed by atoms with Crippen LogP contribution in [0.15, 0.2) is 81.0 Å². The highest BCUT2D eigenvalue weighted by molar-refractivity contribution is 7.98. The summed E-state index contributed by atoms with van der Waals surface area (Å²) in [6.07, 6.45) is 3.47. The molecule has 2 aromatic heterocycles. The molecule has 0 unspecified atom stereocenters. The SMILES string of the molecule is CSc1ccc([C@H]2c3c(oc4ccccc4c3=O)C(=O)N2c2ccc(Cl)cn2)cc1. The number of para-hydroxylation sites is 1. The number of pyridine rings is 1. The molecule has 0 radical (unpaired) electrons. The summed E-state index contributed by atoms with van der Waals surface area (Å²) in [5, 5.41) is 0.907. The number of carbonyl (C=O) groups excluding carboxylic acids is 1. The Morgan fingerprint density at radius 3 is 2.50 bits per heavy atom. The maximum absolute atomic E-state index is 13.4. The topological polar surface area (TPSA) is 63.4 Å². The number of aromatic nitrogens is 1. The first-order valence-electron chi connectivity index (χ1n) is 9.23. The van der Waals surface area contributed by atoms with Gasteiger partial charge in [-0.3, -0.25) is 14.5 Å². The van der Waals surface area contributed by atoms with Crippen LogP contribution < -0.4 is 10.3 Å². The number of benzene rings is 2. The molecule has 0 saturated carbocycles. The first-order chi connectivity index (χ1) is 14.6. The highest BCUT2D eigenvalue weighted by atomic mass is 35.5. The van der Waals surface area contributed by atoms with E-state index in [0.717, 1.165) is 10.5 Å². The molecule has 0 bridgehead atoms. The minimum atomic E-state index is -0.641. The van der Waals surface area contributed by atoms with E-state index in [2.05, 4.69) is 4.98 Å². The van der Waals surface area contributed by atoms with Gasteiger partial charge in [-0.1, -0.05) is 35.9 Å². The van der Waals surface area contributed by atoms with Gasteiger partial charge in [-0.2, -0.15) is 0 Å². The summed E-state index contributed by atoms with van der Waals surface area (Å²) < 4.78 is 5.92. The maximum Gasteiger partial charge on any atom is 0.296 e. The molecule has 3 heterocycles. The molecule has 1 amide bonds. The van der Waals surface area contributed by atoms with E-state index in [9.17, 15) is 9.59 Å². The predicted octanol–water partition coefficient (Wildman–Crippen LogP) is 5.31. The number of hydrogen-bond acceptors (Lipinski definition) is 5. The number of amides is 1. The Balaban J connectivity index is 1.78. The molecule has 1 atom stereocenters. The third-order valence-electron chi connectivity index (χ3n) is 5.17. The van der Waals surface area contributed by atoms with Gasteiger partial charge in [0.1, 0.15) is 11.4 Å². The molecule has 4 aromatic rings. The second-order valence-electron chi connectivity index (χ2n) is 6.86. The molecule has 7 heteroatoms. The van der Waals surface area contributed by atoms with E-state index in [1.807, 2.05) is 30.5 Å². The third kappa shape index (κ3) is 2.91. The Morgan fingerprint density at radius 1 is 1.03 bits per heavy atom. The molecule has 148 valence electrons. The molecule has 1 aliphatic heterocycles. The lowest BCUT2D eigenvalue weighted by molar-refractivity contribution is 0.0970. The molecule has 2 aromatic carbocycles. The van der Waals surface area contributed by atoms with Crippen LogP contribution in [0.4, 0.5) is 5.82 Å². The van der Waals surface area contributed by atoms with Gasteiger partial charge in [0.25, 0.3) is 5.91 Å². The third-order valence-corrected chi connectivity index (χ3v) is 6.13. The van der Waals surface area contributed by atoms with Gasteiger partial charge in [-0.25, -0.2) is 4.98 Å². The van der Waals surface area contributed by atoms with Gasteiger partial charge in [0.15, 0.2) is 5.43 Å². The van der Waals surface area contributed by atoms with Crippen LogP contribution in [0.2, 0.25) is 5.02 Å². The number of rotatable bonds is 3. The van der Waals surface area contributed by atoms with Gasteiger partial charge >= 0.3 is 0 Å². The first kappa shape index (κ1) is 18.9. The van der Waals surface area contributed by atoms with Gasteiger partial charge in [-0.05, 0) is 48.2 Å². The fourth-order valence-electron chi connectivity index (χ4n) is 3.77. The highest BCUT2D eigenvalue weighted by Gasteiger charge is 2.44. The molecule has 1 aliphatic rings. The lowest BCUT2D eigenvalue weighted by Crippen LogP contribution is -2.30. The highest BCUT2D eigenvalue weighted by Crippen LogP contribution is 2.40. The van der Waals surface area contributed by atoms with Crippen molar-refractivity contribution in [2.45, 2.75) is 10.9 Å². The quantitative estimate of drug-likeness (QED) is 0.409. The van der Waals surface area contributed by atoms with Crippen molar-refractivity contribution >= 4 is 46.1 Å². The molecule has 0 fully saturated rings. The Kier molecular flexibility index (Phi) is 4.60. The van der Waals surface area contributed by atoms with Crippen LogP contribution in [0.25, 0.3) is 11.0 Å². The Morgan fingerprint density at radius 2 is 1.80 bits per heavy atom. The summed E-state index contributed by atoms with van der Waals surface area (Å²) in [4.78, 5) is 33.7. The molecule has 0 spiro atoms. The summed E-state index contributed by atoms with van der Waals surface area (Å²) in [6.45, 7) is 0. The number of fused-ring (bicyclic) bond motifs is 2. The van der Waals surface area contributed by atoms with E-state index in [-0.39, 0.29) is 11.2 Å². The van der Waals surface area contributed by atoms with Crippen LogP contribution in [0.1, 0.15) is 27.7 Å². The normalized spacial score (nSPS) is 15.6. The van der Waals surface area contributed by atoms with Crippen molar-refractivity contribution in [2.75, 3.05) is 11.2 Å². The van der Waals surface area contributed by atoms with Crippen molar-refractivity contribution in [1.29, 1.82) is 0 Å². The summed E-state index contributed by atoms with van der Waals surface area (Å²) in [7, 11) is 0. The lowest BCUT2D eigenvalue weighted by Gasteiger charge is -2.24. The fraction of sp³-hybridized carbons (Fsp3) is 0.0870. The molecule has 0 saturated heterocycles. The molecule has 0 aliphatic carbocycles. The minimum Gasteiger partial charge on any atom is -0.450 e. The van der Waals surface area contributed by atoms with Gasteiger partial charge < -0.3 is 4.42 Å². The van der Waals surface area contributed by atoms with E-state index in [4.69, 9.17) is 16.0 Å². The van der Waals surface area contributed by atoms with Crippen LogP contribution in [0.5, 0.6) is 0 Å². The zero-order valence-electron chi connectivity index (χ0n) is 15.8. The second kappa shape index (κ2) is 7.31. The molecule has 30 heavy (non-hydrogen) atoms. The number of carbonyl (C=O) groups is 1. The summed E-state index contributed by atoms with van der Waals surface area (Å²) >= 11 is 7.61. The molecular formula is C23H15ClN2O3S. The number of anilines is 1. The van der Waals surface area contributed by atoms with Crippen LogP contribution >= 0.6 is 23.4 Å². The number of thioether (sulfide) groups is 1. The van der Waals surface area contributed by atoms with Crippen LogP contribution in [-0.2, 0) is 0 Å². The smallest absolute Gasteiger partial charge is 0.296 e. The van der Waals surface area contributed by atoms with Gasteiger partial charge in [0.2, 0.25) is 5.76 Å². The van der Waals surface area contributed by atoms with E-state index in [1.165, 1.54) is 11.1 Å². The second-order valence-corrected chi connectivity index (χ2v) is 8.17. The van der Waals surface area contributed by atoms with Gasteiger partial charge in [0.05, 0.1) is 22.0 Å². The zero-order chi connectivity index (χ0) is 20.8.